The predicted molar refractivity (Wildman–Crippen MR) is 73.1 cm³/mol. The van der Waals surface area contributed by atoms with Crippen molar-refractivity contribution in [2.24, 2.45) is 7.05 Å². The lowest BCUT2D eigenvalue weighted by Crippen LogP contribution is -2.41. The van der Waals surface area contributed by atoms with Gasteiger partial charge in [0, 0.05) is 18.8 Å². The van der Waals surface area contributed by atoms with Crippen LogP contribution in [0.4, 0.5) is 0 Å². The molecule has 18 heavy (non-hydrogen) atoms. The van der Waals surface area contributed by atoms with Gasteiger partial charge in [-0.15, -0.1) is 0 Å². The fourth-order valence-electron chi connectivity index (χ4n) is 2.03. The Hall–Kier alpha value is -1.07. The molecule has 1 aromatic heterocycles. The highest BCUT2D eigenvalue weighted by atomic mass is 16.7. The van der Waals surface area contributed by atoms with Gasteiger partial charge in [-0.3, -0.25) is 4.68 Å². The van der Waals surface area contributed by atoms with E-state index in [4.69, 9.17) is 9.31 Å². The first-order valence-corrected chi connectivity index (χ1v) is 6.19. The third-order valence-electron chi connectivity index (χ3n) is 3.90. The Bertz CT molecular complexity index is 475. The van der Waals surface area contributed by atoms with Gasteiger partial charge in [-0.2, -0.15) is 5.10 Å². The fourth-order valence-corrected chi connectivity index (χ4v) is 2.03. The third kappa shape index (κ3) is 2.02. The zero-order valence-electron chi connectivity index (χ0n) is 12.1. The van der Waals surface area contributed by atoms with Gasteiger partial charge in [0.25, 0.3) is 0 Å². The molecular weight excluding hydrogens is 227 g/mol. The first kappa shape index (κ1) is 13.4. The highest BCUT2D eigenvalue weighted by molar-refractivity contribution is 6.68. The zero-order valence-corrected chi connectivity index (χ0v) is 12.1. The molecule has 1 aliphatic heterocycles. The van der Waals surface area contributed by atoms with Crippen LogP contribution in [0, 0.1) is 6.92 Å². The molecule has 0 radical (unpaired) electrons. The normalized spacial score (nSPS) is 21.3. The molecule has 0 N–H and O–H groups in total. The van der Waals surface area contributed by atoms with Gasteiger partial charge >= 0.3 is 7.12 Å². The molecule has 0 atom stereocenters. The quantitative estimate of drug-likeness (QED) is 0.754. The average molecular weight is 248 g/mol. The molecule has 4 nitrogen and oxygen atoms in total. The van der Waals surface area contributed by atoms with Crippen LogP contribution in [0.5, 0.6) is 0 Å². The van der Waals surface area contributed by atoms with E-state index in [1.807, 2.05) is 47.9 Å². The summed E-state index contributed by atoms with van der Waals surface area (Å²) >= 11 is 0. The van der Waals surface area contributed by atoms with Gasteiger partial charge in [0.05, 0.1) is 16.9 Å². The lowest BCUT2D eigenvalue weighted by atomic mass is 9.75. The molecule has 1 aromatic rings. The Labute approximate surface area is 109 Å². The van der Waals surface area contributed by atoms with Crippen LogP contribution < -0.4 is 0 Å². The molecular formula is C13H21BN2O2. The van der Waals surface area contributed by atoms with E-state index in [0.29, 0.717) is 0 Å². The van der Waals surface area contributed by atoms with E-state index in [0.717, 1.165) is 16.7 Å². The van der Waals surface area contributed by atoms with Gasteiger partial charge in [0.15, 0.2) is 0 Å². The van der Waals surface area contributed by atoms with Crippen LogP contribution in [0.2, 0.25) is 0 Å². The monoisotopic (exact) mass is 248 g/mol. The van der Waals surface area contributed by atoms with Gasteiger partial charge in [-0.25, -0.2) is 0 Å². The minimum Gasteiger partial charge on any atom is -0.399 e. The fraction of sp³-hybridized carbons (Fsp3) is 0.615. The molecule has 2 heterocycles. The Morgan fingerprint density at radius 3 is 2.17 bits per heavy atom. The highest BCUT2D eigenvalue weighted by Gasteiger charge is 2.52. The van der Waals surface area contributed by atoms with Crippen LogP contribution in [0.15, 0.2) is 12.8 Å². The van der Waals surface area contributed by atoms with Crippen molar-refractivity contribution in [3.8, 4) is 0 Å². The summed E-state index contributed by atoms with van der Waals surface area (Å²) < 4.78 is 13.8. The van der Waals surface area contributed by atoms with E-state index in [9.17, 15) is 0 Å². The summed E-state index contributed by atoms with van der Waals surface area (Å²) in [7, 11) is 1.49. The van der Waals surface area contributed by atoms with Crippen molar-refractivity contribution in [1.82, 2.24) is 9.78 Å². The van der Waals surface area contributed by atoms with Crippen LogP contribution in [-0.4, -0.2) is 28.1 Å². The van der Waals surface area contributed by atoms with Crippen LogP contribution in [0.1, 0.15) is 39.0 Å². The second-order valence-corrected chi connectivity index (χ2v) is 5.92. The summed E-state index contributed by atoms with van der Waals surface area (Å²) in [6.07, 6.45) is 1.95. The first-order chi connectivity index (χ1) is 8.14. The van der Waals surface area contributed by atoms with E-state index in [-0.39, 0.29) is 11.2 Å². The molecule has 1 saturated heterocycles. The minimum absolute atomic E-state index is 0.337. The minimum atomic E-state index is -0.405. The summed E-state index contributed by atoms with van der Waals surface area (Å²) in [6.45, 7) is 14.2. The number of rotatable bonds is 2. The van der Waals surface area contributed by atoms with Crippen molar-refractivity contribution < 1.29 is 9.31 Å². The summed E-state index contributed by atoms with van der Waals surface area (Å²) in [5, 5.41) is 4.32. The Kier molecular flexibility index (Phi) is 2.95. The number of hydrogen-bond acceptors (Lipinski definition) is 3. The van der Waals surface area contributed by atoms with Crippen molar-refractivity contribution >= 4 is 12.6 Å². The van der Waals surface area contributed by atoms with Crippen molar-refractivity contribution in [3.05, 3.63) is 24.0 Å². The topological polar surface area (TPSA) is 36.3 Å². The summed E-state index contributed by atoms with van der Waals surface area (Å²) in [5.74, 6) is 0. The number of nitrogens with zero attached hydrogens (tertiary/aromatic N) is 2. The molecule has 0 amide bonds. The molecule has 0 aliphatic carbocycles. The summed E-state index contributed by atoms with van der Waals surface area (Å²) in [4.78, 5) is 0. The zero-order chi connectivity index (χ0) is 13.7. The predicted octanol–water partition coefficient (Wildman–Crippen LogP) is 2.37. The molecule has 2 rings (SSSR count). The molecule has 0 aromatic carbocycles. The van der Waals surface area contributed by atoms with Crippen molar-refractivity contribution in [2.75, 3.05) is 0 Å². The van der Waals surface area contributed by atoms with Gasteiger partial charge in [-0.1, -0.05) is 6.58 Å². The van der Waals surface area contributed by atoms with Gasteiger partial charge in [0.1, 0.15) is 0 Å². The molecule has 1 fully saturated rings. The summed E-state index contributed by atoms with van der Waals surface area (Å²) in [6, 6.07) is 0. The van der Waals surface area contributed by atoms with Crippen LogP contribution >= 0.6 is 0 Å². The molecule has 1 aliphatic rings. The smallest absolute Gasteiger partial charge is 0.399 e. The average Bonchev–Trinajstić information content (AvgIpc) is 2.64. The molecule has 0 spiro atoms. The number of hydrogen-bond donors (Lipinski definition) is 0. The van der Waals surface area contributed by atoms with Crippen molar-refractivity contribution in [1.29, 1.82) is 0 Å². The van der Waals surface area contributed by atoms with Gasteiger partial charge < -0.3 is 9.31 Å². The number of aromatic nitrogens is 2. The Morgan fingerprint density at radius 1 is 1.28 bits per heavy atom. The first-order valence-electron chi connectivity index (χ1n) is 6.19. The molecule has 0 saturated carbocycles. The standard InChI is InChI=1S/C13H21BN2O2/c1-9(11-8-16(7)15-10(11)2)14-17-12(3,4)13(5,6)18-14/h8H,1H2,2-7H3. The second kappa shape index (κ2) is 3.97. The van der Waals surface area contributed by atoms with E-state index < -0.39 is 7.12 Å². The number of aryl methyl sites for hydroxylation is 2. The van der Waals surface area contributed by atoms with E-state index in [1.165, 1.54) is 0 Å². The lowest BCUT2D eigenvalue weighted by molar-refractivity contribution is 0.00578. The van der Waals surface area contributed by atoms with Crippen molar-refractivity contribution in [3.63, 3.8) is 0 Å². The van der Waals surface area contributed by atoms with Crippen LogP contribution in [-0.2, 0) is 16.4 Å². The third-order valence-corrected chi connectivity index (χ3v) is 3.90. The van der Waals surface area contributed by atoms with Crippen molar-refractivity contribution in [2.45, 2.75) is 45.8 Å². The summed E-state index contributed by atoms with van der Waals surface area (Å²) in [5.41, 5.74) is 2.10. The lowest BCUT2D eigenvalue weighted by Gasteiger charge is -2.32. The van der Waals surface area contributed by atoms with Crippen LogP contribution in [0.3, 0.4) is 0 Å². The molecule has 98 valence electrons. The maximum atomic E-state index is 5.99. The maximum absolute atomic E-state index is 5.99. The van der Waals surface area contributed by atoms with E-state index >= 15 is 0 Å². The maximum Gasteiger partial charge on any atom is 0.494 e. The molecule has 0 bridgehead atoms. The van der Waals surface area contributed by atoms with Crippen LogP contribution in [0.25, 0.3) is 5.47 Å². The largest absolute Gasteiger partial charge is 0.494 e. The SMILES string of the molecule is C=C(B1OC(C)(C)C(C)(C)O1)c1cn(C)nc1C. The Morgan fingerprint density at radius 2 is 1.78 bits per heavy atom. The van der Waals surface area contributed by atoms with Gasteiger partial charge in [-0.05, 0) is 40.1 Å². The van der Waals surface area contributed by atoms with Gasteiger partial charge in [0.2, 0.25) is 0 Å². The molecule has 0 unspecified atom stereocenters. The van der Waals surface area contributed by atoms with E-state index in [2.05, 4.69) is 11.7 Å². The highest BCUT2D eigenvalue weighted by Crippen LogP contribution is 2.40. The van der Waals surface area contributed by atoms with E-state index in [1.54, 1.807) is 4.68 Å². The second-order valence-electron chi connectivity index (χ2n) is 5.92. The molecule has 5 heteroatoms. The Balaban J connectivity index is 2.25.